The Morgan fingerprint density at radius 3 is 2.67 bits per heavy atom. The summed E-state index contributed by atoms with van der Waals surface area (Å²) >= 11 is 1.89. The Bertz CT molecular complexity index is 865. The molecule has 2 heteroatoms. The molecule has 0 atom stereocenters. The molecule has 0 radical (unpaired) electrons. The van der Waals surface area contributed by atoms with Gasteiger partial charge in [0.1, 0.15) is 0 Å². The summed E-state index contributed by atoms with van der Waals surface area (Å²) in [5.74, 6) is 0. The molecule has 0 saturated carbocycles. The van der Waals surface area contributed by atoms with E-state index in [0.717, 1.165) is 6.54 Å². The molecule has 21 heavy (non-hydrogen) atoms. The fraction of sp³-hybridized carbons (Fsp3) is 0.316. The van der Waals surface area contributed by atoms with E-state index in [1.807, 2.05) is 11.3 Å². The van der Waals surface area contributed by atoms with E-state index in [1.54, 1.807) is 0 Å². The first kappa shape index (κ1) is 13.0. The van der Waals surface area contributed by atoms with Crippen molar-refractivity contribution in [3.63, 3.8) is 0 Å². The highest BCUT2D eigenvalue weighted by atomic mass is 32.1. The average Bonchev–Trinajstić information content (AvgIpc) is 2.95. The molecule has 0 fully saturated rings. The average molecular weight is 294 g/mol. The molecule has 0 unspecified atom stereocenters. The number of aryl methyl sites for hydroxylation is 1. The van der Waals surface area contributed by atoms with Crippen molar-refractivity contribution in [1.82, 2.24) is 0 Å². The third-order valence-electron chi connectivity index (χ3n) is 4.40. The van der Waals surface area contributed by atoms with Crippen LogP contribution in [0.15, 0.2) is 36.5 Å². The molecule has 0 saturated heterocycles. The number of rotatable bonds is 0. The monoisotopic (exact) mass is 294 g/mol. The van der Waals surface area contributed by atoms with Crippen LogP contribution in [-0.4, -0.2) is 0 Å². The van der Waals surface area contributed by atoms with Crippen LogP contribution in [0, 0.1) is 6.92 Å². The molecular weight excluding hydrogens is 274 g/mol. The van der Waals surface area contributed by atoms with Crippen LogP contribution in [0.3, 0.4) is 0 Å². The number of hydrogen-bond donors (Lipinski definition) is 0. The highest BCUT2D eigenvalue weighted by molar-refractivity contribution is 7.19. The van der Waals surface area contributed by atoms with Gasteiger partial charge in [-0.05, 0) is 36.1 Å². The molecule has 2 aromatic heterocycles. The van der Waals surface area contributed by atoms with Crippen molar-refractivity contribution in [3.05, 3.63) is 52.5 Å². The third kappa shape index (κ3) is 1.93. The van der Waals surface area contributed by atoms with Gasteiger partial charge in [-0.3, -0.25) is 0 Å². The van der Waals surface area contributed by atoms with E-state index in [0.29, 0.717) is 0 Å². The number of pyridine rings is 1. The lowest BCUT2D eigenvalue weighted by Crippen LogP contribution is -2.31. The van der Waals surface area contributed by atoms with Crippen molar-refractivity contribution in [1.29, 1.82) is 0 Å². The summed E-state index contributed by atoms with van der Waals surface area (Å²) in [7, 11) is 0. The smallest absolute Gasteiger partial charge is 0.193 e. The zero-order valence-corrected chi connectivity index (χ0v) is 13.8. The Hall–Kier alpha value is -1.67. The van der Waals surface area contributed by atoms with Crippen LogP contribution in [0.4, 0.5) is 0 Å². The molecular formula is C19H20NS+. The first-order valence-electron chi connectivity index (χ1n) is 7.50. The molecule has 0 bridgehead atoms. The second kappa shape index (κ2) is 4.17. The van der Waals surface area contributed by atoms with Gasteiger partial charge in [0.25, 0.3) is 0 Å². The second-order valence-electron chi connectivity index (χ2n) is 7.05. The van der Waals surface area contributed by atoms with Gasteiger partial charge >= 0.3 is 0 Å². The van der Waals surface area contributed by atoms with E-state index in [4.69, 9.17) is 0 Å². The summed E-state index contributed by atoms with van der Waals surface area (Å²) in [6, 6.07) is 11.6. The predicted octanol–water partition coefficient (Wildman–Crippen LogP) is 4.82. The molecule has 0 spiro atoms. The van der Waals surface area contributed by atoms with Gasteiger partial charge in [-0.2, -0.15) is 4.57 Å². The molecule has 3 aromatic rings. The van der Waals surface area contributed by atoms with Crippen molar-refractivity contribution in [2.24, 2.45) is 0 Å². The molecule has 3 heterocycles. The highest BCUT2D eigenvalue weighted by Gasteiger charge is 2.30. The zero-order valence-electron chi connectivity index (χ0n) is 13.0. The maximum atomic E-state index is 2.40. The van der Waals surface area contributed by atoms with E-state index in [2.05, 4.69) is 68.8 Å². The SMILES string of the molecule is Cc1cc2c3[n+](ccc2s1)Cc1cc(C(C)(C)C)ccc1-3. The molecule has 106 valence electrons. The van der Waals surface area contributed by atoms with Gasteiger partial charge in [-0.1, -0.05) is 26.8 Å². The van der Waals surface area contributed by atoms with Crippen LogP contribution in [0.1, 0.15) is 36.8 Å². The number of benzene rings is 1. The normalized spacial score (nSPS) is 13.5. The van der Waals surface area contributed by atoms with Gasteiger partial charge in [-0.15, -0.1) is 11.3 Å². The minimum absolute atomic E-state index is 0.211. The van der Waals surface area contributed by atoms with Gasteiger partial charge < -0.3 is 0 Å². The largest absolute Gasteiger partial charge is 0.222 e. The number of nitrogens with zero attached hydrogens (tertiary/aromatic N) is 1. The topological polar surface area (TPSA) is 3.88 Å². The van der Waals surface area contributed by atoms with Crippen molar-refractivity contribution in [3.8, 4) is 11.3 Å². The Kier molecular flexibility index (Phi) is 2.59. The number of hydrogen-bond acceptors (Lipinski definition) is 1. The third-order valence-corrected chi connectivity index (χ3v) is 5.42. The molecule has 1 nitrogen and oxygen atoms in total. The molecule has 1 aromatic carbocycles. The van der Waals surface area contributed by atoms with Crippen molar-refractivity contribution in [2.45, 2.75) is 39.7 Å². The van der Waals surface area contributed by atoms with E-state index < -0.39 is 0 Å². The quantitative estimate of drug-likeness (QED) is 0.409. The Morgan fingerprint density at radius 2 is 1.90 bits per heavy atom. The number of fused-ring (bicyclic) bond motifs is 5. The lowest BCUT2D eigenvalue weighted by atomic mass is 9.85. The van der Waals surface area contributed by atoms with Crippen LogP contribution in [0.25, 0.3) is 21.3 Å². The van der Waals surface area contributed by atoms with Gasteiger partial charge in [0.2, 0.25) is 5.69 Å². The summed E-state index contributed by atoms with van der Waals surface area (Å²) in [5.41, 5.74) is 5.90. The van der Waals surface area contributed by atoms with Gasteiger partial charge in [0.05, 0.1) is 10.9 Å². The standard InChI is InChI=1S/C19H20NS/c1-12-9-16-17(21-12)7-8-20-11-13-10-14(19(2,3)4)5-6-15(13)18(16)20/h5-10H,11H2,1-4H3/q+1. The van der Waals surface area contributed by atoms with Gasteiger partial charge in [0.15, 0.2) is 12.7 Å². The van der Waals surface area contributed by atoms with Gasteiger partial charge in [-0.25, -0.2) is 0 Å². The Balaban J connectivity index is 1.97. The zero-order chi connectivity index (χ0) is 14.8. The lowest BCUT2D eigenvalue weighted by molar-refractivity contribution is -0.670. The van der Waals surface area contributed by atoms with Crippen LogP contribution >= 0.6 is 11.3 Å². The van der Waals surface area contributed by atoms with Crippen LogP contribution in [-0.2, 0) is 12.0 Å². The minimum atomic E-state index is 0.211. The van der Waals surface area contributed by atoms with E-state index in [1.165, 1.54) is 37.3 Å². The van der Waals surface area contributed by atoms with Crippen molar-refractivity contribution in [2.75, 3.05) is 0 Å². The first-order valence-corrected chi connectivity index (χ1v) is 8.31. The predicted molar refractivity (Wildman–Crippen MR) is 90.0 cm³/mol. The fourth-order valence-electron chi connectivity index (χ4n) is 3.27. The maximum Gasteiger partial charge on any atom is 0.222 e. The summed E-state index contributed by atoms with van der Waals surface area (Å²) in [5, 5.41) is 1.40. The van der Waals surface area contributed by atoms with Crippen molar-refractivity contribution >= 4 is 21.4 Å². The molecule has 0 aliphatic carbocycles. The molecule has 0 amide bonds. The lowest BCUT2D eigenvalue weighted by Gasteiger charge is -2.19. The second-order valence-corrected chi connectivity index (χ2v) is 8.34. The van der Waals surface area contributed by atoms with Crippen LogP contribution < -0.4 is 4.57 Å². The van der Waals surface area contributed by atoms with E-state index in [9.17, 15) is 0 Å². The summed E-state index contributed by atoms with van der Waals surface area (Å²) in [4.78, 5) is 1.39. The van der Waals surface area contributed by atoms with E-state index >= 15 is 0 Å². The Labute approximate surface area is 129 Å². The number of aromatic nitrogens is 1. The Morgan fingerprint density at radius 1 is 1.10 bits per heavy atom. The fourth-order valence-corrected chi connectivity index (χ4v) is 4.18. The minimum Gasteiger partial charge on any atom is -0.193 e. The van der Waals surface area contributed by atoms with E-state index in [-0.39, 0.29) is 5.41 Å². The first-order chi connectivity index (χ1) is 9.93. The summed E-state index contributed by atoms with van der Waals surface area (Å²) in [6.45, 7) is 10.0. The van der Waals surface area contributed by atoms with Crippen molar-refractivity contribution < 1.29 is 4.57 Å². The molecule has 0 N–H and O–H groups in total. The summed E-state index contributed by atoms with van der Waals surface area (Å²) in [6.07, 6.45) is 2.24. The highest BCUT2D eigenvalue weighted by Crippen LogP contribution is 2.37. The number of thiophene rings is 1. The van der Waals surface area contributed by atoms with Gasteiger partial charge in [0, 0.05) is 21.2 Å². The molecule has 1 aliphatic rings. The summed E-state index contributed by atoms with van der Waals surface area (Å²) < 4.78 is 3.79. The molecule has 4 rings (SSSR count). The maximum absolute atomic E-state index is 2.40. The van der Waals surface area contributed by atoms with Crippen LogP contribution in [0.2, 0.25) is 0 Å². The molecule has 1 aliphatic heterocycles. The van der Waals surface area contributed by atoms with Crippen LogP contribution in [0.5, 0.6) is 0 Å².